The maximum absolute atomic E-state index is 13.0. The van der Waals surface area contributed by atoms with E-state index in [0.29, 0.717) is 44.1 Å². The molecule has 274 valence electrons. The predicted octanol–water partition coefficient (Wildman–Crippen LogP) is 4.41. The molecule has 11 nitrogen and oxygen atoms in total. The smallest absolute Gasteiger partial charge is 0.304 e. The Morgan fingerprint density at radius 3 is 1.41 bits per heavy atom. The predicted molar refractivity (Wildman–Crippen MR) is 203 cm³/mol. The van der Waals surface area contributed by atoms with E-state index in [0.717, 1.165) is 24.9 Å². The largest absolute Gasteiger partial charge is 0.481 e. The summed E-state index contributed by atoms with van der Waals surface area (Å²) in [5.74, 6) is -1.44. The first-order valence-corrected chi connectivity index (χ1v) is 23.8. The average molecular weight is 717 g/mol. The van der Waals surface area contributed by atoms with E-state index >= 15 is 0 Å². The minimum atomic E-state index is -2.16. The lowest BCUT2D eigenvalue weighted by Gasteiger charge is -2.34. The number of amides is 2. The topological polar surface area (TPSA) is 166 Å². The fraction of sp³-hybridized carbons (Fsp3) is 0.765. The number of hydrogen-bond donors (Lipinski definition) is 6. The molecule has 0 aromatic heterocycles. The van der Waals surface area contributed by atoms with Crippen LogP contribution in [0.25, 0.3) is 0 Å². The molecule has 0 saturated heterocycles. The van der Waals surface area contributed by atoms with E-state index in [1.807, 2.05) is 27.7 Å². The molecule has 6 unspecified atom stereocenters. The first kappa shape index (κ1) is 46.3. The lowest BCUT2D eigenvalue weighted by molar-refractivity contribution is -0.141. The Balaban J connectivity index is 4.99. The average Bonchev–Trinajstić information content (AvgIpc) is 2.95. The Morgan fingerprint density at radius 1 is 0.694 bits per heavy atom. The van der Waals surface area contributed by atoms with Gasteiger partial charge in [0.15, 0.2) is 24.5 Å². The van der Waals surface area contributed by atoms with E-state index in [-0.39, 0.29) is 48.8 Å². The van der Waals surface area contributed by atoms with Crippen LogP contribution >= 0.6 is 0 Å². The minimum Gasteiger partial charge on any atom is -0.481 e. The molecule has 4 radical (unpaired) electrons. The van der Waals surface area contributed by atoms with Gasteiger partial charge >= 0.3 is 11.9 Å². The van der Waals surface area contributed by atoms with Crippen molar-refractivity contribution in [3.63, 3.8) is 0 Å². The van der Waals surface area contributed by atoms with E-state index in [2.05, 4.69) is 65.9 Å². The van der Waals surface area contributed by atoms with Gasteiger partial charge in [0, 0.05) is 36.0 Å². The lowest BCUT2D eigenvalue weighted by Crippen LogP contribution is -2.44. The van der Waals surface area contributed by atoms with Crippen molar-refractivity contribution in [2.45, 2.75) is 154 Å². The van der Waals surface area contributed by atoms with Crippen molar-refractivity contribution >= 4 is 56.1 Å². The fourth-order valence-electron chi connectivity index (χ4n) is 5.96. The van der Waals surface area contributed by atoms with E-state index < -0.39 is 40.4 Å². The van der Waals surface area contributed by atoms with Gasteiger partial charge in [0.05, 0.1) is 12.8 Å². The number of hydrogen-bond acceptors (Lipinski definition) is 7. The maximum Gasteiger partial charge on any atom is 0.304 e. The monoisotopic (exact) mass is 716 g/mol. The zero-order valence-electron chi connectivity index (χ0n) is 31.2. The molecule has 0 spiro atoms. The highest BCUT2D eigenvalue weighted by molar-refractivity contribution is 6.84. The number of carbonyl (C=O) groups excluding carboxylic acids is 2. The van der Waals surface area contributed by atoms with Crippen molar-refractivity contribution in [1.29, 1.82) is 0 Å². The standard InChI is InChI=1S/C34H62B2N4O7Si2/c1-24(37-19-18-35)14-15-26(3)39-33(45)29(22-31(41)42)12-10-20-48(6,7)47-49(8,9)21-11-13-30(23-32(43)44)34(46)40-27(4)17-16-25(2)38-28(5)36/h24-27,29-30,37-38H,5,10-17,20-23H2,1-4,6-9H3,(H,39,45)(H,40,46)(H,41,42)(H,43,44). The Bertz CT molecular complexity index is 1130. The van der Waals surface area contributed by atoms with Crippen LogP contribution in [0, 0.1) is 23.7 Å². The minimum absolute atomic E-state index is 0.107. The van der Waals surface area contributed by atoms with Gasteiger partial charge in [-0.15, -0.1) is 5.82 Å². The molecule has 2 amide bonds. The van der Waals surface area contributed by atoms with Crippen molar-refractivity contribution in [2.75, 3.05) is 0 Å². The summed E-state index contributed by atoms with van der Waals surface area (Å²) < 4.78 is 6.76. The molecule has 49 heavy (non-hydrogen) atoms. The SMILES string of the molecule is [B]C#CNC(C)CCC(C)NC(=O)C(CCC[Si](C)(C)O[Si](C)(C)CCCC(CC(=O)O)C(=O)NC(C)CCC(C)NC([B])=C)CC(=O)O. The molecule has 0 aliphatic heterocycles. The van der Waals surface area contributed by atoms with Crippen LogP contribution in [-0.2, 0) is 23.3 Å². The van der Waals surface area contributed by atoms with Crippen LogP contribution in [0.5, 0.6) is 0 Å². The molecule has 6 atom stereocenters. The summed E-state index contributed by atoms with van der Waals surface area (Å²) in [6, 6.07) is 4.17. The van der Waals surface area contributed by atoms with E-state index in [1.54, 1.807) is 0 Å². The van der Waals surface area contributed by atoms with Crippen molar-refractivity contribution < 1.29 is 33.5 Å². The molecule has 0 bridgehead atoms. The Hall–Kier alpha value is -2.70. The van der Waals surface area contributed by atoms with Gasteiger partial charge in [0.1, 0.15) is 7.85 Å². The first-order valence-electron chi connectivity index (χ1n) is 17.6. The van der Waals surface area contributed by atoms with Gasteiger partial charge in [-0.05, 0) is 116 Å². The van der Waals surface area contributed by atoms with Crippen LogP contribution in [0.2, 0.25) is 38.3 Å². The second-order valence-electron chi connectivity index (χ2n) is 14.9. The van der Waals surface area contributed by atoms with Crippen LogP contribution < -0.4 is 21.3 Å². The van der Waals surface area contributed by atoms with Gasteiger partial charge in [0.25, 0.3) is 0 Å². The van der Waals surface area contributed by atoms with Crippen LogP contribution in [0.3, 0.4) is 0 Å². The van der Waals surface area contributed by atoms with Crippen molar-refractivity contribution in [3.8, 4) is 11.9 Å². The first-order chi connectivity index (χ1) is 22.7. The summed E-state index contributed by atoms with van der Waals surface area (Å²) in [7, 11) is 6.46. The highest BCUT2D eigenvalue weighted by Crippen LogP contribution is 2.28. The quantitative estimate of drug-likeness (QED) is 0.0411. The molecule has 0 aromatic rings. The number of carbonyl (C=O) groups is 4. The third-order valence-electron chi connectivity index (χ3n) is 8.46. The Kier molecular flexibility index (Phi) is 22.4. The van der Waals surface area contributed by atoms with E-state index in [9.17, 15) is 29.4 Å². The van der Waals surface area contributed by atoms with Crippen molar-refractivity contribution in [3.05, 3.63) is 12.2 Å². The Morgan fingerprint density at radius 2 is 1.06 bits per heavy atom. The number of nitrogens with one attached hydrogen (secondary N) is 4. The number of aliphatic carboxylic acids is 2. The van der Waals surface area contributed by atoms with Gasteiger partial charge in [0.2, 0.25) is 11.8 Å². The highest BCUT2D eigenvalue weighted by atomic mass is 28.4. The van der Waals surface area contributed by atoms with Gasteiger partial charge in [-0.25, -0.2) is 0 Å². The van der Waals surface area contributed by atoms with Gasteiger partial charge < -0.3 is 35.6 Å². The van der Waals surface area contributed by atoms with E-state index in [4.69, 9.17) is 19.8 Å². The molecule has 0 heterocycles. The molecule has 6 N–H and O–H groups in total. The molecule has 0 aliphatic carbocycles. The van der Waals surface area contributed by atoms with Crippen LogP contribution in [0.15, 0.2) is 12.2 Å². The zero-order chi connectivity index (χ0) is 37.8. The number of rotatable bonds is 27. The molecule has 15 heteroatoms. The van der Waals surface area contributed by atoms with Crippen LogP contribution in [-0.4, -0.2) is 90.5 Å². The summed E-state index contributed by atoms with van der Waals surface area (Å²) in [4.78, 5) is 49.2. The second kappa shape index (κ2) is 23.7. The molecule has 0 rings (SSSR count). The number of carboxylic acid groups (broad SMARTS) is 2. The number of carboxylic acids is 2. The third-order valence-corrected chi connectivity index (χ3v) is 16.0. The molecule has 0 saturated carbocycles. The Labute approximate surface area is 300 Å². The summed E-state index contributed by atoms with van der Waals surface area (Å²) in [6.45, 7) is 20.0. The normalized spacial score (nSPS) is 15.3. The van der Waals surface area contributed by atoms with Crippen molar-refractivity contribution in [1.82, 2.24) is 21.3 Å². The molecular formula is C34H62B2N4O7Si2. The van der Waals surface area contributed by atoms with Crippen LogP contribution in [0.1, 0.15) is 91.9 Å². The fourth-order valence-corrected chi connectivity index (χ4v) is 14.9. The maximum atomic E-state index is 13.0. The van der Waals surface area contributed by atoms with Crippen LogP contribution in [0.4, 0.5) is 0 Å². The summed E-state index contributed by atoms with van der Waals surface area (Å²) in [5, 5.41) is 30.9. The van der Waals surface area contributed by atoms with Gasteiger partial charge in [-0.1, -0.05) is 19.4 Å². The van der Waals surface area contributed by atoms with Gasteiger partial charge in [-0.3, -0.25) is 19.2 Å². The van der Waals surface area contributed by atoms with E-state index in [1.165, 1.54) is 0 Å². The lowest BCUT2D eigenvalue weighted by atomic mass is 9.97. The summed E-state index contributed by atoms with van der Waals surface area (Å²) in [6.07, 6.45) is 4.79. The molecule has 0 aliphatic rings. The molecule has 0 fully saturated rings. The zero-order valence-corrected chi connectivity index (χ0v) is 33.2. The molecular weight excluding hydrogens is 654 g/mol. The van der Waals surface area contributed by atoms with Crippen molar-refractivity contribution in [2.24, 2.45) is 11.8 Å². The highest BCUT2D eigenvalue weighted by Gasteiger charge is 2.34. The molecule has 0 aromatic carbocycles. The summed E-state index contributed by atoms with van der Waals surface area (Å²) >= 11 is 0. The third kappa shape index (κ3) is 24.2. The second-order valence-corrected chi connectivity index (χ2v) is 23.7. The summed E-state index contributed by atoms with van der Waals surface area (Å²) in [5.41, 5.74) is 0.396. The van der Waals surface area contributed by atoms with Gasteiger partial charge in [-0.2, -0.15) is 0 Å².